The average Bonchev–Trinajstić information content (AvgIpc) is 2.17. The number of nitrogens with two attached hydrogens (primary N) is 1. The van der Waals surface area contributed by atoms with Gasteiger partial charge < -0.3 is 5.73 Å². The molecular formula is C11H17NO2S. The van der Waals surface area contributed by atoms with Crippen LogP contribution in [0.4, 0.5) is 0 Å². The number of benzene rings is 1. The molecule has 0 unspecified atom stereocenters. The first-order valence-electron chi connectivity index (χ1n) is 5.05. The molecule has 0 atom stereocenters. The van der Waals surface area contributed by atoms with Crippen molar-refractivity contribution < 1.29 is 8.42 Å². The van der Waals surface area contributed by atoms with Crippen molar-refractivity contribution in [3.63, 3.8) is 0 Å². The van der Waals surface area contributed by atoms with Gasteiger partial charge in [-0.3, -0.25) is 0 Å². The van der Waals surface area contributed by atoms with Crippen LogP contribution in [-0.4, -0.2) is 14.2 Å². The Morgan fingerprint density at radius 1 is 1.27 bits per heavy atom. The van der Waals surface area contributed by atoms with E-state index in [-0.39, 0.29) is 11.5 Å². The van der Waals surface area contributed by atoms with Gasteiger partial charge in [-0.2, -0.15) is 0 Å². The van der Waals surface area contributed by atoms with Crippen LogP contribution < -0.4 is 5.73 Å². The van der Waals surface area contributed by atoms with Gasteiger partial charge in [0.2, 0.25) is 0 Å². The van der Waals surface area contributed by atoms with Crippen LogP contribution in [0.1, 0.15) is 24.5 Å². The largest absolute Gasteiger partial charge is 0.326 e. The molecule has 0 amide bonds. The molecule has 0 aliphatic heterocycles. The van der Waals surface area contributed by atoms with E-state index in [0.29, 0.717) is 13.0 Å². The highest BCUT2D eigenvalue weighted by Gasteiger charge is 2.10. The predicted molar refractivity (Wildman–Crippen MR) is 62.1 cm³/mol. The van der Waals surface area contributed by atoms with Crippen LogP contribution in [0.2, 0.25) is 0 Å². The third kappa shape index (κ3) is 4.01. The number of sulfone groups is 1. The van der Waals surface area contributed by atoms with Crippen LogP contribution in [0.3, 0.4) is 0 Å². The molecule has 3 nitrogen and oxygen atoms in total. The summed E-state index contributed by atoms with van der Waals surface area (Å²) in [5.74, 6) is 0.370. The summed E-state index contributed by atoms with van der Waals surface area (Å²) < 4.78 is 23.1. The summed E-state index contributed by atoms with van der Waals surface area (Å²) in [6, 6.07) is 7.43. The fraction of sp³-hybridized carbons (Fsp3) is 0.455. The summed E-state index contributed by atoms with van der Waals surface area (Å²) in [4.78, 5) is 0. The minimum atomic E-state index is -2.95. The smallest absolute Gasteiger partial charge is 0.154 e. The molecule has 0 radical (unpaired) electrons. The first kappa shape index (κ1) is 12.2. The molecule has 1 rings (SSSR count). The van der Waals surface area contributed by atoms with Crippen molar-refractivity contribution in [2.24, 2.45) is 5.73 Å². The van der Waals surface area contributed by atoms with Crippen LogP contribution in [0.15, 0.2) is 24.3 Å². The van der Waals surface area contributed by atoms with Crippen molar-refractivity contribution >= 4 is 9.84 Å². The topological polar surface area (TPSA) is 60.2 Å². The van der Waals surface area contributed by atoms with Gasteiger partial charge in [-0.05, 0) is 17.5 Å². The minimum absolute atomic E-state index is 0.120. The van der Waals surface area contributed by atoms with E-state index >= 15 is 0 Å². The molecular weight excluding hydrogens is 210 g/mol. The zero-order valence-corrected chi connectivity index (χ0v) is 9.76. The Balaban J connectivity index is 2.80. The van der Waals surface area contributed by atoms with E-state index in [9.17, 15) is 8.42 Å². The Morgan fingerprint density at radius 3 is 2.53 bits per heavy atom. The molecule has 0 aliphatic carbocycles. The van der Waals surface area contributed by atoms with E-state index in [2.05, 4.69) is 0 Å². The van der Waals surface area contributed by atoms with Crippen molar-refractivity contribution in [3.05, 3.63) is 35.4 Å². The van der Waals surface area contributed by atoms with Gasteiger partial charge in [0.15, 0.2) is 9.84 Å². The molecule has 0 fully saturated rings. The van der Waals surface area contributed by atoms with Gasteiger partial charge in [-0.25, -0.2) is 8.42 Å². The van der Waals surface area contributed by atoms with Gasteiger partial charge in [0, 0.05) is 6.54 Å². The molecule has 4 heteroatoms. The molecule has 84 valence electrons. The fourth-order valence-corrected chi connectivity index (χ4v) is 2.94. The van der Waals surface area contributed by atoms with Gasteiger partial charge in [0.05, 0.1) is 11.5 Å². The van der Waals surface area contributed by atoms with E-state index in [0.717, 1.165) is 11.1 Å². The van der Waals surface area contributed by atoms with Crippen LogP contribution in [-0.2, 0) is 22.1 Å². The summed E-state index contributed by atoms with van der Waals surface area (Å²) in [6.45, 7) is 2.32. The van der Waals surface area contributed by atoms with E-state index in [1.165, 1.54) is 0 Å². The van der Waals surface area contributed by atoms with Crippen molar-refractivity contribution in [2.45, 2.75) is 25.6 Å². The standard InChI is InChI=1S/C11H17NO2S/c1-2-6-15(13,14)9-11-5-3-4-10(7-11)8-12/h3-5,7H,2,6,8-9,12H2,1H3. The maximum absolute atomic E-state index is 11.6. The molecule has 0 bridgehead atoms. The van der Waals surface area contributed by atoms with Gasteiger partial charge >= 0.3 is 0 Å². The summed E-state index contributed by atoms with van der Waals surface area (Å²) >= 11 is 0. The van der Waals surface area contributed by atoms with E-state index < -0.39 is 9.84 Å². The van der Waals surface area contributed by atoms with Crippen molar-refractivity contribution in [1.82, 2.24) is 0 Å². The van der Waals surface area contributed by atoms with Crippen LogP contribution in [0.5, 0.6) is 0 Å². The van der Waals surface area contributed by atoms with Crippen molar-refractivity contribution in [2.75, 3.05) is 5.75 Å². The Morgan fingerprint density at radius 2 is 1.93 bits per heavy atom. The molecule has 2 N–H and O–H groups in total. The van der Waals surface area contributed by atoms with Crippen molar-refractivity contribution in [3.8, 4) is 0 Å². The second-order valence-corrected chi connectivity index (χ2v) is 5.80. The normalized spacial score (nSPS) is 11.6. The lowest BCUT2D eigenvalue weighted by molar-refractivity contribution is 0.594. The summed E-state index contributed by atoms with van der Waals surface area (Å²) in [5.41, 5.74) is 7.29. The molecule has 15 heavy (non-hydrogen) atoms. The monoisotopic (exact) mass is 227 g/mol. The Labute approximate surface area is 91.2 Å². The molecule has 0 aliphatic rings. The summed E-state index contributed by atoms with van der Waals surface area (Å²) in [7, 11) is -2.95. The average molecular weight is 227 g/mol. The van der Waals surface area contributed by atoms with E-state index in [1.54, 1.807) is 0 Å². The van der Waals surface area contributed by atoms with Gasteiger partial charge in [-0.15, -0.1) is 0 Å². The minimum Gasteiger partial charge on any atom is -0.326 e. The number of rotatable bonds is 5. The van der Waals surface area contributed by atoms with Gasteiger partial charge in [0.25, 0.3) is 0 Å². The Hall–Kier alpha value is -0.870. The molecule has 0 heterocycles. The summed E-state index contributed by atoms with van der Waals surface area (Å²) in [5, 5.41) is 0. The Bertz CT molecular complexity index is 412. The Kier molecular flexibility index (Phi) is 4.29. The predicted octanol–water partition coefficient (Wildman–Crippen LogP) is 1.47. The van der Waals surface area contributed by atoms with Crippen LogP contribution in [0.25, 0.3) is 0 Å². The maximum Gasteiger partial charge on any atom is 0.154 e. The highest BCUT2D eigenvalue weighted by Crippen LogP contribution is 2.10. The number of hydrogen-bond donors (Lipinski definition) is 1. The SMILES string of the molecule is CCCS(=O)(=O)Cc1cccc(CN)c1. The lowest BCUT2D eigenvalue weighted by Crippen LogP contribution is -2.09. The molecule has 0 saturated carbocycles. The highest BCUT2D eigenvalue weighted by atomic mass is 32.2. The van der Waals surface area contributed by atoms with E-state index in [4.69, 9.17) is 5.73 Å². The second-order valence-electron chi connectivity index (χ2n) is 3.62. The van der Waals surface area contributed by atoms with Gasteiger partial charge in [0.1, 0.15) is 0 Å². The lowest BCUT2D eigenvalue weighted by Gasteiger charge is -2.04. The first-order chi connectivity index (χ1) is 7.07. The molecule has 1 aromatic carbocycles. The third-order valence-corrected chi connectivity index (χ3v) is 3.93. The fourth-order valence-electron chi connectivity index (χ4n) is 1.48. The quantitative estimate of drug-likeness (QED) is 0.828. The van der Waals surface area contributed by atoms with Crippen molar-refractivity contribution in [1.29, 1.82) is 0 Å². The second kappa shape index (κ2) is 5.28. The van der Waals surface area contributed by atoms with Crippen LogP contribution >= 0.6 is 0 Å². The molecule has 0 spiro atoms. The zero-order valence-electron chi connectivity index (χ0n) is 8.94. The molecule has 1 aromatic rings. The first-order valence-corrected chi connectivity index (χ1v) is 6.88. The third-order valence-electron chi connectivity index (χ3n) is 2.13. The maximum atomic E-state index is 11.6. The van der Waals surface area contributed by atoms with Gasteiger partial charge in [-0.1, -0.05) is 31.2 Å². The zero-order chi connectivity index (χ0) is 11.3. The number of hydrogen-bond acceptors (Lipinski definition) is 3. The lowest BCUT2D eigenvalue weighted by atomic mass is 10.1. The molecule has 0 aromatic heterocycles. The van der Waals surface area contributed by atoms with Crippen LogP contribution in [0, 0.1) is 0 Å². The highest BCUT2D eigenvalue weighted by molar-refractivity contribution is 7.90. The molecule has 0 saturated heterocycles. The summed E-state index contributed by atoms with van der Waals surface area (Å²) in [6.07, 6.45) is 0.666. The van der Waals surface area contributed by atoms with E-state index in [1.807, 2.05) is 31.2 Å².